The van der Waals surface area contributed by atoms with Crippen molar-refractivity contribution in [3.05, 3.63) is 131 Å². The number of hydrogen-bond donors (Lipinski definition) is 0. The zero-order valence-corrected chi connectivity index (χ0v) is 17.2. The maximum atomic E-state index is 15.1. The topological polar surface area (TPSA) is 12.9 Å². The first-order chi connectivity index (χ1) is 15.8. The molecule has 2 aliphatic rings. The molecule has 0 unspecified atom stereocenters. The molecule has 5 aromatic rings. The third-order valence-electron chi connectivity index (χ3n) is 6.50. The number of halogens is 1. The minimum absolute atomic E-state index is 0.898. The van der Waals surface area contributed by atoms with Crippen LogP contribution in [0.5, 0.6) is 0 Å². The van der Waals surface area contributed by atoms with Crippen molar-refractivity contribution in [3.8, 4) is 11.1 Å². The van der Waals surface area contributed by atoms with Crippen molar-refractivity contribution in [3.63, 3.8) is 0 Å². The standard InChI is InChI=1S/C27H18BFN3/c29-28-30-16-6-12-25(30)27(26-13-7-17-31(26)28)19-14-15-24-22(18-19)21-10-4-5-11-23(21)32(24)20-8-2-1-3-9-20/h1-18H/q+1. The van der Waals surface area contributed by atoms with Gasteiger partial charge in [-0.2, -0.15) is 4.58 Å². The maximum Gasteiger partial charge on any atom is 0.596 e. The van der Waals surface area contributed by atoms with E-state index in [4.69, 9.17) is 0 Å². The van der Waals surface area contributed by atoms with Gasteiger partial charge in [0, 0.05) is 41.2 Å². The first-order valence-electron chi connectivity index (χ1n) is 10.8. The quantitative estimate of drug-likeness (QED) is 0.281. The summed E-state index contributed by atoms with van der Waals surface area (Å²) in [4.78, 5) is 0. The molecule has 0 bridgehead atoms. The smallest absolute Gasteiger partial charge is 0.342 e. The average Bonchev–Trinajstić information content (AvgIpc) is 3.58. The molecule has 2 aromatic heterocycles. The summed E-state index contributed by atoms with van der Waals surface area (Å²) < 4.78 is 20.8. The lowest BCUT2D eigenvalue weighted by Gasteiger charge is -2.23. The van der Waals surface area contributed by atoms with Gasteiger partial charge in [0.1, 0.15) is 0 Å². The molecule has 7 rings (SSSR count). The van der Waals surface area contributed by atoms with Crippen LogP contribution >= 0.6 is 0 Å². The van der Waals surface area contributed by atoms with Gasteiger partial charge in [0.2, 0.25) is 16.7 Å². The van der Waals surface area contributed by atoms with E-state index in [0.29, 0.717) is 0 Å². The van der Waals surface area contributed by atoms with Gasteiger partial charge >= 0.3 is 7.26 Å². The summed E-state index contributed by atoms with van der Waals surface area (Å²) in [7, 11) is -1.22. The summed E-state index contributed by atoms with van der Waals surface area (Å²) >= 11 is 0. The summed E-state index contributed by atoms with van der Waals surface area (Å²) in [5.41, 5.74) is 7.55. The minimum Gasteiger partial charge on any atom is -0.342 e. The van der Waals surface area contributed by atoms with Crippen LogP contribution in [0.3, 0.4) is 0 Å². The number of aromatic nitrogens is 2. The van der Waals surface area contributed by atoms with Crippen molar-refractivity contribution in [1.29, 1.82) is 0 Å². The Balaban J connectivity index is 1.59. The van der Waals surface area contributed by atoms with Gasteiger partial charge in [0.25, 0.3) is 0 Å². The average molecular weight is 414 g/mol. The Morgan fingerprint density at radius 3 is 2.09 bits per heavy atom. The Morgan fingerprint density at radius 2 is 1.34 bits per heavy atom. The number of benzene rings is 3. The predicted molar refractivity (Wildman–Crippen MR) is 126 cm³/mol. The highest BCUT2D eigenvalue weighted by Crippen LogP contribution is 2.34. The lowest BCUT2D eigenvalue weighted by Crippen LogP contribution is -2.36. The molecule has 5 heteroatoms. The number of nitrogens with zero attached hydrogens (tertiary/aromatic N) is 3. The molecule has 0 saturated carbocycles. The number of para-hydroxylation sites is 2. The van der Waals surface area contributed by atoms with Crippen molar-refractivity contribution in [1.82, 2.24) is 13.5 Å². The lowest BCUT2D eigenvalue weighted by atomic mass is 9.92. The third kappa shape index (κ3) is 2.28. The highest BCUT2D eigenvalue weighted by Gasteiger charge is 2.33. The van der Waals surface area contributed by atoms with Gasteiger partial charge in [0.15, 0.2) is 0 Å². The minimum atomic E-state index is -1.22. The van der Waals surface area contributed by atoms with E-state index in [1.165, 1.54) is 16.8 Å². The molecule has 0 N–H and O–H groups in total. The number of hydrogen-bond acceptors (Lipinski definition) is 0. The van der Waals surface area contributed by atoms with Crippen molar-refractivity contribution in [2.24, 2.45) is 0 Å². The van der Waals surface area contributed by atoms with Crippen LogP contribution in [0.15, 0.2) is 109 Å². The fourth-order valence-electron chi connectivity index (χ4n) is 5.13. The molecule has 0 spiro atoms. The molecular weight excluding hydrogens is 396 g/mol. The van der Waals surface area contributed by atoms with Crippen LogP contribution in [-0.2, 0) is 0 Å². The van der Waals surface area contributed by atoms with Crippen LogP contribution in [-0.4, -0.2) is 16.2 Å². The van der Waals surface area contributed by atoms with Gasteiger partial charge in [-0.1, -0.05) is 30.3 Å². The van der Waals surface area contributed by atoms with E-state index in [9.17, 15) is 0 Å². The SMILES string of the molecule is FB1n2cccc2C(=c2ccc3c(c2)-c2ccccc2[N+]=3c2ccccc2)c2cccn21. The second-order valence-electron chi connectivity index (χ2n) is 8.21. The van der Waals surface area contributed by atoms with Gasteiger partial charge in [0.05, 0.1) is 11.1 Å². The Morgan fingerprint density at radius 1 is 0.656 bits per heavy atom. The molecule has 0 saturated heterocycles. The van der Waals surface area contributed by atoms with Crippen molar-refractivity contribution < 1.29 is 4.32 Å². The first kappa shape index (κ1) is 17.6. The molecule has 150 valence electrons. The molecule has 0 fully saturated rings. The van der Waals surface area contributed by atoms with Crippen LogP contribution in [0.4, 0.5) is 15.7 Å². The van der Waals surface area contributed by atoms with Crippen molar-refractivity contribution >= 4 is 24.2 Å². The van der Waals surface area contributed by atoms with Crippen LogP contribution in [0.2, 0.25) is 0 Å². The Bertz CT molecular complexity index is 1600. The van der Waals surface area contributed by atoms with Crippen LogP contribution in [0.1, 0.15) is 11.4 Å². The first-order valence-corrected chi connectivity index (χ1v) is 10.8. The second kappa shape index (κ2) is 6.44. The number of rotatable bonds is 1. The highest BCUT2D eigenvalue weighted by molar-refractivity contribution is 6.49. The largest absolute Gasteiger partial charge is 0.596 e. The summed E-state index contributed by atoms with van der Waals surface area (Å²) in [6, 6.07) is 33.4. The number of fused-ring (bicyclic) bond motifs is 5. The molecule has 0 aliphatic carbocycles. The fourth-order valence-corrected chi connectivity index (χ4v) is 5.13. The molecule has 0 amide bonds. The summed E-state index contributed by atoms with van der Waals surface area (Å²) in [6.07, 6.45) is 3.62. The van der Waals surface area contributed by atoms with Gasteiger partial charge in [-0.3, -0.25) is 4.32 Å². The zero-order valence-electron chi connectivity index (χ0n) is 17.2. The molecule has 3 nitrogen and oxygen atoms in total. The monoisotopic (exact) mass is 414 g/mol. The molecule has 4 heterocycles. The lowest BCUT2D eigenvalue weighted by molar-refractivity contribution is 0.735. The Labute approximate surface area is 184 Å². The van der Waals surface area contributed by atoms with Gasteiger partial charge < -0.3 is 8.96 Å². The van der Waals surface area contributed by atoms with E-state index in [-0.39, 0.29) is 0 Å². The Hall–Kier alpha value is -4.12. The van der Waals surface area contributed by atoms with Crippen LogP contribution in [0.25, 0.3) is 16.7 Å². The predicted octanol–water partition coefficient (Wildman–Crippen LogP) is 4.34. The van der Waals surface area contributed by atoms with E-state index >= 15 is 4.32 Å². The fraction of sp³-hybridized carbons (Fsp3) is 0. The van der Waals surface area contributed by atoms with Gasteiger partial charge in [-0.05, 0) is 60.1 Å². The van der Waals surface area contributed by atoms with E-state index in [2.05, 4.69) is 71.3 Å². The molecular formula is C27H18BFN3+. The van der Waals surface area contributed by atoms with Crippen LogP contribution in [0, 0.1) is 0 Å². The molecule has 2 aliphatic heterocycles. The molecule has 3 aromatic carbocycles. The van der Waals surface area contributed by atoms with Crippen molar-refractivity contribution in [2.75, 3.05) is 0 Å². The third-order valence-corrected chi connectivity index (χ3v) is 6.50. The summed E-state index contributed by atoms with van der Waals surface area (Å²) in [5.74, 6) is 0. The molecule has 32 heavy (non-hydrogen) atoms. The highest BCUT2D eigenvalue weighted by atomic mass is 19.1. The second-order valence-corrected chi connectivity index (χ2v) is 8.21. The Kier molecular flexibility index (Phi) is 3.53. The van der Waals surface area contributed by atoms with Crippen LogP contribution < -0.4 is 15.2 Å². The van der Waals surface area contributed by atoms with E-state index < -0.39 is 7.26 Å². The van der Waals surface area contributed by atoms with E-state index in [0.717, 1.165) is 33.2 Å². The molecule has 0 radical (unpaired) electrons. The van der Waals surface area contributed by atoms with Gasteiger partial charge in [-0.25, -0.2) is 0 Å². The van der Waals surface area contributed by atoms with Gasteiger partial charge in [-0.15, -0.1) is 0 Å². The maximum absolute atomic E-state index is 15.1. The summed E-state index contributed by atoms with van der Waals surface area (Å²) in [5, 5.41) is 2.24. The zero-order chi connectivity index (χ0) is 21.2. The van der Waals surface area contributed by atoms with E-state index in [1.54, 1.807) is 8.96 Å². The normalized spacial score (nSPS) is 13.6. The molecule has 0 atom stereocenters. The summed E-state index contributed by atoms with van der Waals surface area (Å²) in [6.45, 7) is 0. The van der Waals surface area contributed by atoms with Crippen molar-refractivity contribution in [2.45, 2.75) is 0 Å². The van der Waals surface area contributed by atoms with E-state index in [1.807, 2.05) is 42.7 Å².